The summed E-state index contributed by atoms with van der Waals surface area (Å²) in [6.07, 6.45) is 6.22. The minimum Gasteiger partial charge on any atom is -0.381 e. The quantitative estimate of drug-likeness (QED) is 0.845. The molecule has 3 atom stereocenters. The van der Waals surface area contributed by atoms with Crippen molar-refractivity contribution in [1.82, 2.24) is 5.32 Å². The molecule has 4 heteroatoms. The zero-order valence-corrected chi connectivity index (χ0v) is 13.0. The summed E-state index contributed by atoms with van der Waals surface area (Å²) in [4.78, 5) is 5.03. The number of thioether (sulfide) groups is 1. The Morgan fingerprint density at radius 3 is 2.84 bits per heavy atom. The lowest BCUT2D eigenvalue weighted by atomic mass is 9.93. The molecule has 19 heavy (non-hydrogen) atoms. The van der Waals surface area contributed by atoms with Crippen LogP contribution in [-0.2, 0) is 4.74 Å². The van der Waals surface area contributed by atoms with Gasteiger partial charge in [0.05, 0.1) is 11.6 Å². The molecular formula is C15H26N2OS. The number of hydrogen-bond acceptors (Lipinski definition) is 3. The van der Waals surface area contributed by atoms with Gasteiger partial charge in [-0.05, 0) is 37.5 Å². The van der Waals surface area contributed by atoms with Gasteiger partial charge in [-0.15, -0.1) is 0 Å². The maximum Gasteiger partial charge on any atom is 0.157 e. The highest BCUT2D eigenvalue weighted by Crippen LogP contribution is 2.38. The Kier molecular flexibility index (Phi) is 4.08. The van der Waals surface area contributed by atoms with E-state index in [1.807, 2.05) is 11.8 Å². The maximum absolute atomic E-state index is 5.48. The van der Waals surface area contributed by atoms with E-state index >= 15 is 0 Å². The molecule has 2 aliphatic heterocycles. The number of aliphatic imine (C=N–C) groups is 1. The molecule has 1 saturated carbocycles. The summed E-state index contributed by atoms with van der Waals surface area (Å²) in [5, 5.41) is 4.92. The summed E-state index contributed by atoms with van der Waals surface area (Å²) in [5.41, 5.74) is 0.285. The van der Waals surface area contributed by atoms with Gasteiger partial charge in [0, 0.05) is 19.0 Å². The molecule has 2 saturated heterocycles. The van der Waals surface area contributed by atoms with E-state index in [0.29, 0.717) is 6.04 Å². The lowest BCUT2D eigenvalue weighted by Crippen LogP contribution is -2.48. The van der Waals surface area contributed by atoms with Gasteiger partial charge in [-0.25, -0.2) is 0 Å². The molecule has 1 spiro atoms. The van der Waals surface area contributed by atoms with Crippen molar-refractivity contribution in [3.63, 3.8) is 0 Å². The number of rotatable bonds is 2. The topological polar surface area (TPSA) is 33.6 Å². The molecule has 0 bridgehead atoms. The van der Waals surface area contributed by atoms with E-state index in [0.717, 1.165) is 37.9 Å². The Morgan fingerprint density at radius 1 is 1.37 bits per heavy atom. The third kappa shape index (κ3) is 2.80. The maximum atomic E-state index is 5.48. The standard InChI is InChI=1S/C15H26N2OS/c1-3-12-4-5-13(11(12)2)16-14-17-15(10-19-14)6-8-18-9-7-15/h11-13H,3-10H2,1-2H3,(H,16,17). The Labute approximate surface area is 121 Å². The molecule has 3 aliphatic rings. The van der Waals surface area contributed by atoms with E-state index in [-0.39, 0.29) is 5.54 Å². The second kappa shape index (κ2) is 5.65. The van der Waals surface area contributed by atoms with Gasteiger partial charge in [-0.1, -0.05) is 32.0 Å². The van der Waals surface area contributed by atoms with Crippen LogP contribution >= 0.6 is 11.8 Å². The fourth-order valence-corrected chi connectivity index (χ4v) is 5.01. The molecule has 3 unspecified atom stereocenters. The first-order valence-electron chi connectivity index (χ1n) is 7.79. The Hall–Kier alpha value is -0.220. The molecule has 1 aliphatic carbocycles. The zero-order valence-electron chi connectivity index (χ0n) is 12.2. The van der Waals surface area contributed by atoms with Crippen LogP contribution in [0.3, 0.4) is 0 Å². The van der Waals surface area contributed by atoms with E-state index in [1.54, 1.807) is 0 Å². The lowest BCUT2D eigenvalue weighted by molar-refractivity contribution is 0.0555. The highest BCUT2D eigenvalue weighted by molar-refractivity contribution is 8.14. The molecule has 3 rings (SSSR count). The monoisotopic (exact) mass is 282 g/mol. The second-order valence-electron chi connectivity index (χ2n) is 6.41. The van der Waals surface area contributed by atoms with Crippen molar-refractivity contribution in [3.05, 3.63) is 0 Å². The van der Waals surface area contributed by atoms with Gasteiger partial charge >= 0.3 is 0 Å². The largest absolute Gasteiger partial charge is 0.381 e. The van der Waals surface area contributed by atoms with E-state index in [4.69, 9.17) is 9.73 Å². The summed E-state index contributed by atoms with van der Waals surface area (Å²) in [5.74, 6) is 2.82. The molecule has 108 valence electrons. The minimum atomic E-state index is 0.285. The predicted octanol–water partition coefficient (Wildman–Crippen LogP) is 3.05. The summed E-state index contributed by atoms with van der Waals surface area (Å²) >= 11 is 1.93. The zero-order chi connectivity index (χ0) is 13.3. The smallest absolute Gasteiger partial charge is 0.157 e. The summed E-state index contributed by atoms with van der Waals surface area (Å²) < 4.78 is 5.48. The summed E-state index contributed by atoms with van der Waals surface area (Å²) in [6.45, 7) is 6.51. The SMILES string of the molecule is CCC1CCC(N=C2NC3(CCOCC3)CS2)C1C. The lowest BCUT2D eigenvalue weighted by Gasteiger charge is -2.32. The number of hydrogen-bond donors (Lipinski definition) is 1. The van der Waals surface area contributed by atoms with Crippen molar-refractivity contribution in [2.24, 2.45) is 16.8 Å². The number of nitrogens with one attached hydrogen (secondary N) is 1. The van der Waals surface area contributed by atoms with Crippen LogP contribution in [0.5, 0.6) is 0 Å². The third-order valence-electron chi connectivity index (χ3n) is 5.30. The van der Waals surface area contributed by atoms with Crippen LogP contribution in [0.4, 0.5) is 0 Å². The molecular weight excluding hydrogens is 256 g/mol. The van der Waals surface area contributed by atoms with Crippen LogP contribution in [0, 0.1) is 11.8 Å². The van der Waals surface area contributed by atoms with Gasteiger partial charge in [-0.2, -0.15) is 0 Å². The molecule has 0 aromatic rings. The average Bonchev–Trinajstić information content (AvgIpc) is 2.97. The molecule has 3 fully saturated rings. The predicted molar refractivity (Wildman–Crippen MR) is 81.8 cm³/mol. The molecule has 2 heterocycles. The van der Waals surface area contributed by atoms with E-state index in [9.17, 15) is 0 Å². The van der Waals surface area contributed by atoms with Crippen molar-refractivity contribution >= 4 is 16.9 Å². The highest BCUT2D eigenvalue weighted by atomic mass is 32.2. The van der Waals surface area contributed by atoms with Crippen molar-refractivity contribution in [1.29, 1.82) is 0 Å². The Bertz CT molecular complexity index is 352. The fourth-order valence-electron chi connectivity index (χ4n) is 3.74. The summed E-state index contributed by atoms with van der Waals surface area (Å²) in [7, 11) is 0. The van der Waals surface area contributed by atoms with E-state index in [1.165, 1.54) is 30.2 Å². The van der Waals surface area contributed by atoms with Crippen molar-refractivity contribution in [2.75, 3.05) is 19.0 Å². The normalized spacial score (nSPS) is 39.9. The fraction of sp³-hybridized carbons (Fsp3) is 0.933. The van der Waals surface area contributed by atoms with Crippen molar-refractivity contribution in [2.45, 2.75) is 57.5 Å². The summed E-state index contributed by atoms with van der Waals surface area (Å²) in [6, 6.07) is 0.551. The molecule has 0 aromatic heterocycles. The molecule has 1 N–H and O–H groups in total. The van der Waals surface area contributed by atoms with E-state index in [2.05, 4.69) is 19.2 Å². The highest BCUT2D eigenvalue weighted by Gasteiger charge is 2.40. The van der Waals surface area contributed by atoms with E-state index < -0.39 is 0 Å². The number of amidine groups is 1. The Morgan fingerprint density at radius 2 is 2.16 bits per heavy atom. The van der Waals surface area contributed by atoms with Crippen LogP contribution in [0.15, 0.2) is 4.99 Å². The molecule has 0 amide bonds. The average molecular weight is 282 g/mol. The number of ether oxygens (including phenoxy) is 1. The molecule has 0 radical (unpaired) electrons. The van der Waals surface area contributed by atoms with Crippen LogP contribution in [-0.4, -0.2) is 35.7 Å². The molecule has 3 nitrogen and oxygen atoms in total. The first-order valence-corrected chi connectivity index (χ1v) is 8.77. The van der Waals surface area contributed by atoms with Gasteiger partial charge in [0.25, 0.3) is 0 Å². The minimum absolute atomic E-state index is 0.285. The van der Waals surface area contributed by atoms with Gasteiger partial charge < -0.3 is 10.1 Å². The van der Waals surface area contributed by atoms with Crippen molar-refractivity contribution < 1.29 is 4.74 Å². The van der Waals surface area contributed by atoms with Crippen LogP contribution < -0.4 is 5.32 Å². The van der Waals surface area contributed by atoms with Gasteiger partial charge in [0.2, 0.25) is 0 Å². The van der Waals surface area contributed by atoms with Gasteiger partial charge in [0.15, 0.2) is 5.17 Å². The second-order valence-corrected chi connectivity index (χ2v) is 7.38. The van der Waals surface area contributed by atoms with Crippen LogP contribution in [0.1, 0.15) is 46.0 Å². The Balaban J connectivity index is 1.63. The first kappa shape index (κ1) is 13.7. The van der Waals surface area contributed by atoms with Crippen molar-refractivity contribution in [3.8, 4) is 0 Å². The molecule has 0 aromatic carbocycles. The first-order chi connectivity index (χ1) is 9.22. The van der Waals surface area contributed by atoms with Gasteiger partial charge in [-0.3, -0.25) is 4.99 Å². The van der Waals surface area contributed by atoms with Gasteiger partial charge in [0.1, 0.15) is 0 Å². The van der Waals surface area contributed by atoms with Crippen LogP contribution in [0.25, 0.3) is 0 Å². The third-order valence-corrected chi connectivity index (χ3v) is 6.48. The number of nitrogens with zero attached hydrogens (tertiary/aromatic N) is 1. The van der Waals surface area contributed by atoms with Crippen LogP contribution in [0.2, 0.25) is 0 Å².